The van der Waals surface area contributed by atoms with Gasteiger partial charge in [-0.3, -0.25) is 4.79 Å². The maximum Gasteiger partial charge on any atom is 0.258 e. The van der Waals surface area contributed by atoms with E-state index in [-0.39, 0.29) is 18.0 Å². The van der Waals surface area contributed by atoms with Crippen LogP contribution in [0.4, 0.5) is 0 Å². The van der Waals surface area contributed by atoms with Crippen molar-refractivity contribution in [2.45, 2.75) is 39.3 Å². The Morgan fingerprint density at radius 3 is 2.80 bits per heavy atom. The summed E-state index contributed by atoms with van der Waals surface area (Å²) in [5.41, 5.74) is 0.662. The van der Waals surface area contributed by atoms with Gasteiger partial charge < -0.3 is 15.0 Å². The van der Waals surface area contributed by atoms with Crippen LogP contribution in [-0.4, -0.2) is 42.6 Å². The number of para-hydroxylation sites is 1. The molecule has 1 heterocycles. The molecule has 0 saturated carbocycles. The Kier molecular flexibility index (Phi) is 5.01. The first-order chi connectivity index (χ1) is 9.65. The Hall–Kier alpha value is -1.55. The summed E-state index contributed by atoms with van der Waals surface area (Å²) in [5.74, 6) is 0.745. The number of hydrogen-bond donors (Lipinski definition) is 1. The van der Waals surface area contributed by atoms with Crippen LogP contribution in [0, 0.1) is 0 Å². The van der Waals surface area contributed by atoms with Crippen LogP contribution in [0.25, 0.3) is 0 Å². The van der Waals surface area contributed by atoms with E-state index in [1.54, 1.807) is 0 Å². The number of hydrogen-bond acceptors (Lipinski definition) is 3. The molecule has 4 nitrogen and oxygen atoms in total. The molecule has 0 spiro atoms. The van der Waals surface area contributed by atoms with Crippen molar-refractivity contribution in [3.05, 3.63) is 29.8 Å². The first-order valence-electron chi connectivity index (χ1n) is 7.40. The van der Waals surface area contributed by atoms with E-state index in [2.05, 4.69) is 19.2 Å². The van der Waals surface area contributed by atoms with Crippen molar-refractivity contribution in [1.29, 1.82) is 0 Å². The molecule has 1 N–H and O–H groups in total. The molecule has 20 heavy (non-hydrogen) atoms. The summed E-state index contributed by atoms with van der Waals surface area (Å²) in [6, 6.07) is 7.96. The SMILES string of the molecule is CCOc1ccccc1C(=O)N(C(C)C)C1CCNC1. The highest BCUT2D eigenvalue weighted by molar-refractivity contribution is 5.97. The van der Waals surface area contributed by atoms with Crippen LogP contribution in [-0.2, 0) is 0 Å². The van der Waals surface area contributed by atoms with Gasteiger partial charge in [0.2, 0.25) is 0 Å². The minimum Gasteiger partial charge on any atom is -0.493 e. The molecule has 0 bridgehead atoms. The Bertz CT molecular complexity index is 454. The third kappa shape index (κ3) is 3.12. The largest absolute Gasteiger partial charge is 0.493 e. The van der Waals surface area contributed by atoms with Crippen LogP contribution in [0.1, 0.15) is 37.6 Å². The Balaban J connectivity index is 2.27. The van der Waals surface area contributed by atoms with Gasteiger partial charge in [0.1, 0.15) is 5.75 Å². The number of nitrogens with zero attached hydrogens (tertiary/aromatic N) is 1. The maximum absolute atomic E-state index is 12.9. The van der Waals surface area contributed by atoms with Crippen molar-refractivity contribution in [3.8, 4) is 5.75 Å². The molecule has 110 valence electrons. The molecule has 1 aromatic carbocycles. The van der Waals surface area contributed by atoms with Gasteiger partial charge in [-0.2, -0.15) is 0 Å². The van der Waals surface area contributed by atoms with Crippen LogP contribution in [0.3, 0.4) is 0 Å². The summed E-state index contributed by atoms with van der Waals surface area (Å²) in [4.78, 5) is 14.9. The van der Waals surface area contributed by atoms with Gasteiger partial charge in [0.15, 0.2) is 0 Å². The van der Waals surface area contributed by atoms with Crippen molar-refractivity contribution in [2.24, 2.45) is 0 Å². The van der Waals surface area contributed by atoms with E-state index in [9.17, 15) is 4.79 Å². The molecule has 0 aromatic heterocycles. The summed E-state index contributed by atoms with van der Waals surface area (Å²) in [6.07, 6.45) is 1.01. The molecule has 1 aliphatic heterocycles. The number of ether oxygens (including phenoxy) is 1. The Labute approximate surface area is 121 Å². The van der Waals surface area contributed by atoms with Gasteiger partial charge >= 0.3 is 0 Å². The zero-order chi connectivity index (χ0) is 14.5. The third-order valence-corrected chi connectivity index (χ3v) is 3.64. The predicted octanol–water partition coefficient (Wildman–Crippen LogP) is 2.30. The van der Waals surface area contributed by atoms with E-state index in [0.717, 1.165) is 19.5 Å². The highest BCUT2D eigenvalue weighted by Crippen LogP contribution is 2.23. The summed E-state index contributed by atoms with van der Waals surface area (Å²) in [5, 5.41) is 3.33. The lowest BCUT2D eigenvalue weighted by Gasteiger charge is -2.32. The minimum absolute atomic E-state index is 0.0674. The minimum atomic E-state index is 0.0674. The highest BCUT2D eigenvalue weighted by Gasteiger charge is 2.30. The first kappa shape index (κ1) is 14.9. The zero-order valence-electron chi connectivity index (χ0n) is 12.6. The van der Waals surface area contributed by atoms with Gasteiger partial charge in [0.05, 0.1) is 12.2 Å². The average molecular weight is 276 g/mol. The number of carbonyl (C=O) groups is 1. The fourth-order valence-corrected chi connectivity index (χ4v) is 2.76. The number of amides is 1. The smallest absolute Gasteiger partial charge is 0.258 e. The van der Waals surface area contributed by atoms with Crippen molar-refractivity contribution in [1.82, 2.24) is 10.2 Å². The van der Waals surface area contributed by atoms with Gasteiger partial charge in [-0.15, -0.1) is 0 Å². The number of nitrogens with one attached hydrogen (secondary N) is 1. The third-order valence-electron chi connectivity index (χ3n) is 3.64. The van der Waals surface area contributed by atoms with Crippen LogP contribution in [0.5, 0.6) is 5.75 Å². The van der Waals surface area contributed by atoms with Crippen molar-refractivity contribution >= 4 is 5.91 Å². The quantitative estimate of drug-likeness (QED) is 0.897. The van der Waals surface area contributed by atoms with Gasteiger partial charge in [0.25, 0.3) is 5.91 Å². The zero-order valence-corrected chi connectivity index (χ0v) is 12.6. The standard InChI is InChI=1S/C16H24N2O2/c1-4-20-15-8-6-5-7-14(15)16(19)18(12(2)3)13-9-10-17-11-13/h5-8,12-13,17H,4,9-11H2,1-3H3. The molecule has 1 aromatic rings. The fourth-order valence-electron chi connectivity index (χ4n) is 2.76. The monoisotopic (exact) mass is 276 g/mol. The molecule has 4 heteroatoms. The fraction of sp³-hybridized carbons (Fsp3) is 0.562. The molecule has 1 unspecified atom stereocenters. The average Bonchev–Trinajstić information content (AvgIpc) is 2.93. The van der Waals surface area contributed by atoms with Gasteiger partial charge in [-0.1, -0.05) is 12.1 Å². The molecular formula is C16H24N2O2. The van der Waals surface area contributed by atoms with Crippen LogP contribution < -0.4 is 10.1 Å². The molecule has 0 aliphatic carbocycles. The van der Waals surface area contributed by atoms with E-state index in [4.69, 9.17) is 4.74 Å². The summed E-state index contributed by atoms with van der Waals surface area (Å²) >= 11 is 0. The second-order valence-corrected chi connectivity index (χ2v) is 5.38. The van der Waals surface area contributed by atoms with Crippen LogP contribution >= 0.6 is 0 Å². The van der Waals surface area contributed by atoms with E-state index < -0.39 is 0 Å². The molecule has 1 saturated heterocycles. The van der Waals surface area contributed by atoms with E-state index >= 15 is 0 Å². The van der Waals surface area contributed by atoms with E-state index in [1.807, 2.05) is 36.1 Å². The number of benzene rings is 1. The topological polar surface area (TPSA) is 41.6 Å². The summed E-state index contributed by atoms with van der Waals surface area (Å²) < 4.78 is 5.59. The van der Waals surface area contributed by atoms with E-state index in [0.29, 0.717) is 17.9 Å². The molecule has 2 rings (SSSR count). The lowest BCUT2D eigenvalue weighted by molar-refractivity contribution is 0.0622. The second kappa shape index (κ2) is 6.75. The molecule has 1 fully saturated rings. The summed E-state index contributed by atoms with van der Waals surface area (Å²) in [7, 11) is 0. The van der Waals surface area contributed by atoms with Crippen LogP contribution in [0.15, 0.2) is 24.3 Å². The van der Waals surface area contributed by atoms with Crippen molar-refractivity contribution in [2.75, 3.05) is 19.7 Å². The second-order valence-electron chi connectivity index (χ2n) is 5.38. The normalized spacial score (nSPS) is 18.3. The van der Waals surface area contributed by atoms with Crippen LogP contribution in [0.2, 0.25) is 0 Å². The Morgan fingerprint density at radius 2 is 2.20 bits per heavy atom. The number of carbonyl (C=O) groups excluding carboxylic acids is 1. The first-order valence-corrected chi connectivity index (χ1v) is 7.40. The lowest BCUT2D eigenvalue weighted by atomic mass is 10.1. The molecule has 1 atom stereocenters. The number of rotatable bonds is 5. The maximum atomic E-state index is 12.9. The molecular weight excluding hydrogens is 252 g/mol. The molecule has 1 amide bonds. The lowest BCUT2D eigenvalue weighted by Crippen LogP contribution is -2.46. The van der Waals surface area contributed by atoms with Gasteiger partial charge in [-0.25, -0.2) is 0 Å². The van der Waals surface area contributed by atoms with Gasteiger partial charge in [0, 0.05) is 18.6 Å². The van der Waals surface area contributed by atoms with Crippen molar-refractivity contribution < 1.29 is 9.53 Å². The van der Waals surface area contributed by atoms with Gasteiger partial charge in [-0.05, 0) is 45.9 Å². The predicted molar refractivity (Wildman–Crippen MR) is 80.2 cm³/mol. The Morgan fingerprint density at radius 1 is 1.45 bits per heavy atom. The van der Waals surface area contributed by atoms with E-state index in [1.165, 1.54) is 0 Å². The molecule has 0 radical (unpaired) electrons. The summed E-state index contributed by atoms with van der Waals surface area (Å²) in [6.45, 7) is 8.49. The van der Waals surface area contributed by atoms with Crippen molar-refractivity contribution in [3.63, 3.8) is 0 Å². The molecule has 1 aliphatic rings. The highest BCUT2D eigenvalue weighted by atomic mass is 16.5.